The maximum Gasteiger partial charge on any atom is 0.248 e. The molecule has 1 atom stereocenters. The van der Waals surface area contributed by atoms with E-state index in [4.69, 9.17) is 0 Å². The number of hydrogen-bond donors (Lipinski definition) is 1. The summed E-state index contributed by atoms with van der Waals surface area (Å²) in [5.41, 5.74) is 2.94. The van der Waals surface area contributed by atoms with Gasteiger partial charge in [-0.3, -0.25) is 9.10 Å². The standard InChI is InChI=1S/C20H26N2O3S2/c1-6-18(20(23)21-16-8-7-9-17(13-16)26-4)22(27(5,24)25)19-12-14(2)10-11-15(19)3/h7-13,18H,6H2,1-5H3,(H,21,23)/t18-/m1/s1. The maximum absolute atomic E-state index is 13.0. The van der Waals surface area contributed by atoms with Gasteiger partial charge in [-0.05, 0) is 61.9 Å². The number of thioether (sulfide) groups is 1. The number of carbonyl (C=O) groups excluding carboxylic acids is 1. The van der Waals surface area contributed by atoms with E-state index in [0.717, 1.165) is 22.3 Å². The maximum atomic E-state index is 13.0. The van der Waals surface area contributed by atoms with Gasteiger partial charge in [-0.25, -0.2) is 8.42 Å². The lowest BCUT2D eigenvalue weighted by Crippen LogP contribution is -2.47. The first-order valence-corrected chi connectivity index (χ1v) is 11.8. The van der Waals surface area contributed by atoms with Crippen molar-refractivity contribution >= 4 is 39.1 Å². The van der Waals surface area contributed by atoms with Crippen molar-refractivity contribution in [1.82, 2.24) is 0 Å². The number of anilines is 2. The first-order chi connectivity index (χ1) is 12.7. The molecule has 0 saturated heterocycles. The van der Waals surface area contributed by atoms with Crippen molar-refractivity contribution in [3.05, 3.63) is 53.6 Å². The average molecular weight is 407 g/mol. The Bertz CT molecular complexity index is 927. The lowest BCUT2D eigenvalue weighted by molar-refractivity contribution is -0.117. The first-order valence-electron chi connectivity index (χ1n) is 8.69. The molecule has 1 N–H and O–H groups in total. The molecule has 1 amide bonds. The van der Waals surface area contributed by atoms with Crippen LogP contribution in [0.4, 0.5) is 11.4 Å². The summed E-state index contributed by atoms with van der Waals surface area (Å²) >= 11 is 1.58. The second-order valence-electron chi connectivity index (χ2n) is 6.49. The number of hydrogen-bond acceptors (Lipinski definition) is 4. The Morgan fingerprint density at radius 2 is 1.89 bits per heavy atom. The molecule has 7 heteroatoms. The van der Waals surface area contributed by atoms with Crippen LogP contribution in [0.25, 0.3) is 0 Å². The molecule has 0 fully saturated rings. The van der Waals surface area contributed by atoms with Gasteiger partial charge in [0.1, 0.15) is 6.04 Å². The summed E-state index contributed by atoms with van der Waals surface area (Å²) in [6.45, 7) is 5.56. The average Bonchev–Trinajstić information content (AvgIpc) is 2.61. The van der Waals surface area contributed by atoms with Crippen molar-refractivity contribution in [2.24, 2.45) is 0 Å². The van der Waals surface area contributed by atoms with Gasteiger partial charge in [0.2, 0.25) is 15.9 Å². The largest absolute Gasteiger partial charge is 0.324 e. The molecule has 27 heavy (non-hydrogen) atoms. The monoisotopic (exact) mass is 406 g/mol. The molecule has 0 aliphatic heterocycles. The zero-order chi connectivity index (χ0) is 20.2. The molecule has 2 rings (SSSR count). The summed E-state index contributed by atoms with van der Waals surface area (Å²) in [6, 6.07) is 12.3. The van der Waals surface area contributed by atoms with Gasteiger partial charge >= 0.3 is 0 Å². The van der Waals surface area contributed by atoms with E-state index in [1.807, 2.05) is 57.4 Å². The van der Waals surface area contributed by atoms with Crippen molar-refractivity contribution in [3.63, 3.8) is 0 Å². The van der Waals surface area contributed by atoms with E-state index < -0.39 is 16.1 Å². The quantitative estimate of drug-likeness (QED) is 0.700. The number of nitrogens with one attached hydrogen (secondary N) is 1. The molecule has 0 bridgehead atoms. The Balaban J connectivity index is 2.43. The molecule has 0 aliphatic carbocycles. The third kappa shape index (κ3) is 5.26. The van der Waals surface area contributed by atoms with Crippen LogP contribution in [0.3, 0.4) is 0 Å². The molecular weight excluding hydrogens is 380 g/mol. The smallest absolute Gasteiger partial charge is 0.248 e. The number of benzene rings is 2. The Morgan fingerprint density at radius 3 is 2.48 bits per heavy atom. The Labute approximate surface area is 166 Å². The summed E-state index contributed by atoms with van der Waals surface area (Å²) in [5.74, 6) is -0.345. The second-order valence-corrected chi connectivity index (χ2v) is 9.23. The van der Waals surface area contributed by atoms with Crippen LogP contribution in [0.5, 0.6) is 0 Å². The normalized spacial score (nSPS) is 12.5. The molecule has 0 aromatic heterocycles. The van der Waals surface area contributed by atoms with Crippen LogP contribution in [0, 0.1) is 13.8 Å². The summed E-state index contributed by atoms with van der Waals surface area (Å²) in [4.78, 5) is 14.0. The van der Waals surface area contributed by atoms with E-state index in [2.05, 4.69) is 5.32 Å². The van der Waals surface area contributed by atoms with Crippen molar-refractivity contribution < 1.29 is 13.2 Å². The van der Waals surface area contributed by atoms with Crippen LogP contribution < -0.4 is 9.62 Å². The van der Waals surface area contributed by atoms with Gasteiger partial charge in [-0.1, -0.05) is 25.1 Å². The number of rotatable bonds is 7. The van der Waals surface area contributed by atoms with Crippen molar-refractivity contribution in [2.45, 2.75) is 38.1 Å². The summed E-state index contributed by atoms with van der Waals surface area (Å²) < 4.78 is 26.4. The van der Waals surface area contributed by atoms with Gasteiger partial charge in [0.25, 0.3) is 0 Å². The Kier molecular flexibility index (Phi) is 6.95. The predicted octanol–water partition coefficient (Wildman–Crippen LogP) is 4.21. The zero-order valence-electron chi connectivity index (χ0n) is 16.3. The third-order valence-electron chi connectivity index (χ3n) is 4.27. The number of aryl methyl sites for hydroxylation is 2. The number of amides is 1. The van der Waals surface area contributed by atoms with Crippen LogP contribution in [0.2, 0.25) is 0 Å². The van der Waals surface area contributed by atoms with Crippen molar-refractivity contribution in [2.75, 3.05) is 22.1 Å². The molecule has 0 unspecified atom stereocenters. The summed E-state index contributed by atoms with van der Waals surface area (Å²) in [7, 11) is -3.65. The fourth-order valence-electron chi connectivity index (χ4n) is 2.92. The van der Waals surface area contributed by atoms with E-state index in [9.17, 15) is 13.2 Å². The van der Waals surface area contributed by atoms with Crippen LogP contribution in [0.1, 0.15) is 24.5 Å². The van der Waals surface area contributed by atoms with Crippen LogP contribution >= 0.6 is 11.8 Å². The zero-order valence-corrected chi connectivity index (χ0v) is 17.9. The molecule has 2 aromatic rings. The predicted molar refractivity (Wildman–Crippen MR) is 114 cm³/mol. The van der Waals surface area contributed by atoms with Gasteiger partial charge in [-0.2, -0.15) is 0 Å². The lowest BCUT2D eigenvalue weighted by atomic mass is 10.1. The van der Waals surface area contributed by atoms with Crippen molar-refractivity contribution in [3.8, 4) is 0 Å². The number of carbonyl (C=O) groups is 1. The molecule has 0 spiro atoms. The van der Waals surface area contributed by atoms with E-state index in [1.54, 1.807) is 23.9 Å². The highest BCUT2D eigenvalue weighted by Gasteiger charge is 2.32. The first kappa shape index (κ1) is 21.3. The highest BCUT2D eigenvalue weighted by Crippen LogP contribution is 2.28. The molecular formula is C20H26N2O3S2. The Morgan fingerprint density at radius 1 is 1.19 bits per heavy atom. The highest BCUT2D eigenvalue weighted by atomic mass is 32.2. The summed E-state index contributed by atoms with van der Waals surface area (Å²) in [6.07, 6.45) is 3.45. The molecule has 0 heterocycles. The second kappa shape index (κ2) is 8.80. The number of nitrogens with zero attached hydrogens (tertiary/aromatic N) is 1. The van der Waals surface area contributed by atoms with Gasteiger partial charge in [0.15, 0.2) is 0 Å². The fraction of sp³-hybridized carbons (Fsp3) is 0.350. The minimum Gasteiger partial charge on any atom is -0.324 e. The van der Waals surface area contributed by atoms with Gasteiger partial charge in [0, 0.05) is 10.6 Å². The number of sulfonamides is 1. The highest BCUT2D eigenvalue weighted by molar-refractivity contribution is 7.98. The van der Waals surface area contributed by atoms with E-state index in [0.29, 0.717) is 17.8 Å². The third-order valence-corrected chi connectivity index (χ3v) is 6.16. The minimum atomic E-state index is -3.65. The minimum absolute atomic E-state index is 0.345. The summed E-state index contributed by atoms with van der Waals surface area (Å²) in [5, 5.41) is 2.87. The molecule has 2 aromatic carbocycles. The van der Waals surface area contributed by atoms with Gasteiger partial charge in [-0.15, -0.1) is 11.8 Å². The molecule has 146 valence electrons. The SMILES string of the molecule is CC[C@H](C(=O)Nc1cccc(SC)c1)N(c1cc(C)ccc1C)S(C)(=O)=O. The topological polar surface area (TPSA) is 66.5 Å². The van der Waals surface area contributed by atoms with Gasteiger partial charge < -0.3 is 5.32 Å². The van der Waals surface area contributed by atoms with Crippen molar-refractivity contribution in [1.29, 1.82) is 0 Å². The van der Waals surface area contributed by atoms with Crippen LogP contribution in [0.15, 0.2) is 47.4 Å². The fourth-order valence-corrected chi connectivity index (χ4v) is 4.64. The molecule has 5 nitrogen and oxygen atoms in total. The lowest BCUT2D eigenvalue weighted by Gasteiger charge is -2.31. The van der Waals surface area contributed by atoms with Crippen LogP contribution in [-0.4, -0.2) is 32.9 Å². The van der Waals surface area contributed by atoms with E-state index in [1.165, 1.54) is 4.31 Å². The molecule has 0 saturated carbocycles. The van der Waals surface area contributed by atoms with Crippen LogP contribution in [-0.2, 0) is 14.8 Å². The molecule has 0 radical (unpaired) electrons. The van der Waals surface area contributed by atoms with Gasteiger partial charge in [0.05, 0.1) is 11.9 Å². The van der Waals surface area contributed by atoms with E-state index >= 15 is 0 Å². The van der Waals surface area contributed by atoms with E-state index in [-0.39, 0.29) is 5.91 Å². The Hall–Kier alpha value is -1.99. The molecule has 0 aliphatic rings.